The van der Waals surface area contributed by atoms with Crippen LogP contribution >= 0.6 is 11.3 Å². The molecule has 3 aromatic rings. The molecule has 80 valence electrons. The van der Waals surface area contributed by atoms with Crippen LogP contribution in [0.4, 0.5) is 10.2 Å². The van der Waals surface area contributed by atoms with E-state index in [-0.39, 0.29) is 5.82 Å². The van der Waals surface area contributed by atoms with Gasteiger partial charge in [-0.05, 0) is 18.2 Å². The van der Waals surface area contributed by atoms with Crippen LogP contribution in [0.25, 0.3) is 20.8 Å². The summed E-state index contributed by atoms with van der Waals surface area (Å²) in [4.78, 5) is 4.37. The van der Waals surface area contributed by atoms with E-state index < -0.39 is 0 Å². The Morgan fingerprint density at radius 2 is 2.25 bits per heavy atom. The molecule has 0 fully saturated rings. The Morgan fingerprint density at radius 3 is 3.00 bits per heavy atom. The number of hydrogen-bond donors (Lipinski definition) is 2. The lowest BCUT2D eigenvalue weighted by Gasteiger charge is -1.88. The maximum Gasteiger partial charge on any atom is 0.155 e. The SMILES string of the molecule is Nc1n[nH]cc1-c1nc2ccc(F)cc2s1. The third-order valence-electron chi connectivity index (χ3n) is 2.25. The summed E-state index contributed by atoms with van der Waals surface area (Å²) in [7, 11) is 0. The number of rotatable bonds is 1. The van der Waals surface area contributed by atoms with Crippen LogP contribution in [0.15, 0.2) is 24.4 Å². The van der Waals surface area contributed by atoms with Gasteiger partial charge in [-0.25, -0.2) is 9.37 Å². The zero-order chi connectivity index (χ0) is 11.1. The first-order valence-corrected chi connectivity index (χ1v) is 5.41. The van der Waals surface area contributed by atoms with Gasteiger partial charge in [0.25, 0.3) is 0 Å². The van der Waals surface area contributed by atoms with E-state index in [1.807, 2.05) is 0 Å². The highest BCUT2D eigenvalue weighted by atomic mass is 32.1. The number of hydrogen-bond acceptors (Lipinski definition) is 4. The second kappa shape index (κ2) is 3.28. The third-order valence-corrected chi connectivity index (χ3v) is 3.30. The molecule has 4 nitrogen and oxygen atoms in total. The lowest BCUT2D eigenvalue weighted by atomic mass is 10.3. The van der Waals surface area contributed by atoms with Crippen LogP contribution in [0.1, 0.15) is 0 Å². The Morgan fingerprint density at radius 1 is 1.38 bits per heavy atom. The molecule has 0 aliphatic carbocycles. The minimum Gasteiger partial charge on any atom is -0.382 e. The molecule has 1 aromatic carbocycles. The number of nitrogens with one attached hydrogen (secondary N) is 1. The molecule has 2 aromatic heterocycles. The van der Waals surface area contributed by atoms with Gasteiger partial charge in [0, 0.05) is 6.20 Å². The van der Waals surface area contributed by atoms with E-state index in [9.17, 15) is 4.39 Å². The number of H-pyrrole nitrogens is 1. The number of nitrogens with two attached hydrogens (primary N) is 1. The normalized spacial score (nSPS) is 11.1. The Bertz CT molecular complexity index is 658. The lowest BCUT2D eigenvalue weighted by Crippen LogP contribution is -1.86. The average molecular weight is 234 g/mol. The fraction of sp³-hybridized carbons (Fsp3) is 0. The maximum atomic E-state index is 13.0. The predicted octanol–water partition coefficient (Wildman–Crippen LogP) is 2.41. The number of thiazole rings is 1. The van der Waals surface area contributed by atoms with Gasteiger partial charge in [-0.3, -0.25) is 5.10 Å². The topological polar surface area (TPSA) is 67.6 Å². The van der Waals surface area contributed by atoms with Gasteiger partial charge in [0.05, 0.1) is 15.8 Å². The second-order valence-corrected chi connectivity index (χ2v) is 4.35. The summed E-state index contributed by atoms with van der Waals surface area (Å²) in [5.74, 6) is 0.141. The van der Waals surface area contributed by atoms with Crippen LogP contribution in [-0.2, 0) is 0 Å². The number of anilines is 1. The molecule has 0 radical (unpaired) electrons. The summed E-state index contributed by atoms with van der Waals surface area (Å²) >= 11 is 1.39. The van der Waals surface area contributed by atoms with Crippen LogP contribution in [-0.4, -0.2) is 15.2 Å². The Kier molecular flexibility index (Phi) is 1.90. The number of nitrogen functional groups attached to an aromatic ring is 1. The number of benzene rings is 1. The molecule has 0 atom stereocenters. The fourth-order valence-corrected chi connectivity index (χ4v) is 2.50. The molecule has 6 heteroatoms. The largest absolute Gasteiger partial charge is 0.382 e. The van der Waals surface area contributed by atoms with Gasteiger partial charge >= 0.3 is 0 Å². The van der Waals surface area contributed by atoms with Crippen molar-refractivity contribution in [2.24, 2.45) is 0 Å². The minimum atomic E-state index is -0.261. The van der Waals surface area contributed by atoms with Gasteiger partial charge in [-0.2, -0.15) is 5.10 Å². The van der Waals surface area contributed by atoms with Crippen LogP contribution in [0, 0.1) is 5.82 Å². The van der Waals surface area contributed by atoms with Crippen molar-refractivity contribution in [1.29, 1.82) is 0 Å². The highest BCUT2D eigenvalue weighted by Gasteiger charge is 2.11. The Hall–Kier alpha value is -1.95. The molecule has 2 heterocycles. The van der Waals surface area contributed by atoms with Crippen molar-refractivity contribution in [3.63, 3.8) is 0 Å². The van der Waals surface area contributed by atoms with Gasteiger partial charge < -0.3 is 5.73 Å². The van der Waals surface area contributed by atoms with Crippen LogP contribution < -0.4 is 5.73 Å². The Labute approximate surface area is 93.9 Å². The summed E-state index contributed by atoms with van der Waals surface area (Å²) in [6, 6.07) is 4.51. The summed E-state index contributed by atoms with van der Waals surface area (Å²) < 4.78 is 13.8. The van der Waals surface area contributed by atoms with Crippen molar-refractivity contribution < 1.29 is 4.39 Å². The molecule has 0 bridgehead atoms. The molecule has 0 saturated heterocycles. The van der Waals surface area contributed by atoms with Gasteiger partial charge in [0.2, 0.25) is 0 Å². The number of aromatic nitrogens is 3. The molecular formula is C10H7FN4S. The van der Waals surface area contributed by atoms with E-state index in [0.717, 1.165) is 20.8 Å². The van der Waals surface area contributed by atoms with Crippen LogP contribution in [0.3, 0.4) is 0 Å². The van der Waals surface area contributed by atoms with Gasteiger partial charge in [-0.1, -0.05) is 0 Å². The van der Waals surface area contributed by atoms with Crippen molar-refractivity contribution in [3.8, 4) is 10.6 Å². The first-order valence-electron chi connectivity index (χ1n) is 4.60. The minimum absolute atomic E-state index is 0.261. The zero-order valence-corrected chi connectivity index (χ0v) is 8.88. The molecule has 3 rings (SSSR count). The first kappa shape index (κ1) is 9.29. The molecular weight excluding hydrogens is 227 g/mol. The summed E-state index contributed by atoms with van der Waals surface area (Å²) in [5.41, 5.74) is 7.19. The van der Waals surface area contributed by atoms with Crippen LogP contribution in [0.2, 0.25) is 0 Å². The van der Waals surface area contributed by atoms with Crippen molar-refractivity contribution in [1.82, 2.24) is 15.2 Å². The van der Waals surface area contributed by atoms with E-state index in [0.29, 0.717) is 5.82 Å². The number of fused-ring (bicyclic) bond motifs is 1. The van der Waals surface area contributed by atoms with Crippen molar-refractivity contribution in [3.05, 3.63) is 30.2 Å². The van der Waals surface area contributed by atoms with Crippen molar-refractivity contribution in [2.75, 3.05) is 5.73 Å². The smallest absolute Gasteiger partial charge is 0.155 e. The Balaban J connectivity index is 2.23. The predicted molar refractivity (Wildman–Crippen MR) is 61.6 cm³/mol. The third kappa shape index (κ3) is 1.35. The lowest BCUT2D eigenvalue weighted by molar-refractivity contribution is 0.630. The highest BCUT2D eigenvalue weighted by Crippen LogP contribution is 2.32. The number of nitrogens with zero attached hydrogens (tertiary/aromatic N) is 2. The maximum absolute atomic E-state index is 13.0. The summed E-state index contributed by atoms with van der Waals surface area (Å²) in [5, 5.41) is 7.24. The molecule has 0 spiro atoms. The number of halogens is 1. The average Bonchev–Trinajstić information content (AvgIpc) is 2.82. The first-order chi connectivity index (χ1) is 7.74. The standard InChI is InChI=1S/C10H7FN4S/c11-5-1-2-7-8(3-5)16-10(14-7)6-4-13-15-9(6)12/h1-4H,(H3,12,13,15). The second-order valence-electron chi connectivity index (χ2n) is 3.32. The zero-order valence-electron chi connectivity index (χ0n) is 8.07. The van der Waals surface area contributed by atoms with E-state index in [1.165, 1.54) is 23.5 Å². The molecule has 0 amide bonds. The highest BCUT2D eigenvalue weighted by molar-refractivity contribution is 7.21. The van der Waals surface area contributed by atoms with E-state index in [1.54, 1.807) is 12.3 Å². The quantitative estimate of drug-likeness (QED) is 0.679. The molecule has 16 heavy (non-hydrogen) atoms. The molecule has 0 aliphatic rings. The molecule has 0 saturated carbocycles. The van der Waals surface area contributed by atoms with Crippen molar-refractivity contribution in [2.45, 2.75) is 0 Å². The van der Waals surface area contributed by atoms with Gasteiger partial charge in [0.15, 0.2) is 5.82 Å². The fourth-order valence-electron chi connectivity index (χ4n) is 1.49. The monoisotopic (exact) mass is 234 g/mol. The molecule has 3 N–H and O–H groups in total. The van der Waals surface area contributed by atoms with Gasteiger partial charge in [0.1, 0.15) is 10.8 Å². The van der Waals surface area contributed by atoms with E-state index >= 15 is 0 Å². The van der Waals surface area contributed by atoms with Crippen LogP contribution in [0.5, 0.6) is 0 Å². The number of aromatic amines is 1. The van der Waals surface area contributed by atoms with E-state index in [2.05, 4.69) is 15.2 Å². The van der Waals surface area contributed by atoms with Gasteiger partial charge in [-0.15, -0.1) is 11.3 Å². The van der Waals surface area contributed by atoms with Crippen molar-refractivity contribution >= 4 is 27.4 Å². The summed E-state index contributed by atoms with van der Waals surface area (Å²) in [6.07, 6.45) is 1.68. The van der Waals surface area contributed by atoms with E-state index in [4.69, 9.17) is 5.73 Å². The molecule has 0 aliphatic heterocycles. The summed E-state index contributed by atoms with van der Waals surface area (Å²) in [6.45, 7) is 0. The molecule has 0 unspecified atom stereocenters.